The van der Waals surface area contributed by atoms with Crippen LogP contribution < -0.4 is 0 Å². The molecule has 2 nitrogen and oxygen atoms in total. The molecule has 0 aliphatic rings. The van der Waals surface area contributed by atoms with Crippen molar-refractivity contribution in [1.82, 2.24) is 0 Å². The lowest BCUT2D eigenvalue weighted by molar-refractivity contribution is -0.146. The predicted octanol–water partition coefficient (Wildman–Crippen LogP) is 3.50. The predicted molar refractivity (Wildman–Crippen MR) is 63.6 cm³/mol. The zero-order valence-corrected chi connectivity index (χ0v) is 11.0. The van der Waals surface area contributed by atoms with Crippen molar-refractivity contribution < 1.29 is 9.53 Å². The zero-order chi connectivity index (χ0) is 12.0. The van der Waals surface area contributed by atoms with Crippen LogP contribution in [0.2, 0.25) is 0 Å². The van der Waals surface area contributed by atoms with Gasteiger partial charge in [0.1, 0.15) is 0 Å². The number of hydrogen-bond acceptors (Lipinski definition) is 2. The van der Waals surface area contributed by atoms with Gasteiger partial charge in [0.25, 0.3) is 0 Å². The highest BCUT2D eigenvalue weighted by Gasteiger charge is 2.19. The molecule has 0 spiro atoms. The van der Waals surface area contributed by atoms with E-state index >= 15 is 0 Å². The fourth-order valence-electron chi connectivity index (χ4n) is 1.74. The van der Waals surface area contributed by atoms with Gasteiger partial charge in [-0.05, 0) is 23.7 Å². The van der Waals surface area contributed by atoms with Crippen LogP contribution in [0.15, 0.2) is 0 Å². The van der Waals surface area contributed by atoms with E-state index < -0.39 is 0 Å². The van der Waals surface area contributed by atoms with Crippen molar-refractivity contribution in [2.24, 2.45) is 23.7 Å². The van der Waals surface area contributed by atoms with Gasteiger partial charge in [-0.2, -0.15) is 0 Å². The summed E-state index contributed by atoms with van der Waals surface area (Å²) < 4.78 is 5.30. The molecule has 0 unspecified atom stereocenters. The molecular formula is C13H26O2. The Hall–Kier alpha value is -0.530. The molecule has 0 aliphatic carbocycles. The summed E-state index contributed by atoms with van der Waals surface area (Å²) in [4.78, 5) is 11.4. The van der Waals surface area contributed by atoms with Gasteiger partial charge in [-0.1, -0.05) is 41.5 Å². The maximum Gasteiger partial charge on any atom is 0.306 e. The van der Waals surface area contributed by atoms with Crippen LogP contribution in [-0.4, -0.2) is 12.6 Å². The fourth-order valence-corrected chi connectivity index (χ4v) is 1.74. The van der Waals surface area contributed by atoms with Crippen LogP contribution in [0, 0.1) is 23.7 Å². The van der Waals surface area contributed by atoms with Crippen LogP contribution in [-0.2, 0) is 9.53 Å². The third kappa shape index (κ3) is 6.53. The molecule has 0 radical (unpaired) electrons. The Morgan fingerprint density at radius 2 is 1.47 bits per heavy atom. The lowest BCUT2D eigenvalue weighted by Gasteiger charge is -2.24. The molecular weight excluding hydrogens is 188 g/mol. The van der Waals surface area contributed by atoms with Crippen LogP contribution in [0.3, 0.4) is 0 Å². The summed E-state index contributed by atoms with van der Waals surface area (Å²) in [5, 5.41) is 0. The summed E-state index contributed by atoms with van der Waals surface area (Å²) in [6.07, 6.45) is 0.531. The third-order valence-corrected chi connectivity index (χ3v) is 2.72. The standard InChI is InChI=1S/C13H26O2/c1-9(2)7-13(14)15-8-12(10(3)4)11(5)6/h9-12H,7-8H2,1-6H3. The minimum Gasteiger partial charge on any atom is -0.465 e. The molecule has 0 amide bonds. The molecule has 90 valence electrons. The van der Waals surface area contributed by atoms with E-state index in [9.17, 15) is 4.79 Å². The smallest absolute Gasteiger partial charge is 0.306 e. The largest absolute Gasteiger partial charge is 0.465 e. The molecule has 0 heterocycles. The summed E-state index contributed by atoms with van der Waals surface area (Å²) in [7, 11) is 0. The van der Waals surface area contributed by atoms with Gasteiger partial charge < -0.3 is 4.74 Å². The van der Waals surface area contributed by atoms with Gasteiger partial charge >= 0.3 is 5.97 Å². The van der Waals surface area contributed by atoms with E-state index in [2.05, 4.69) is 27.7 Å². The Bertz CT molecular complexity index is 175. The molecule has 0 aromatic carbocycles. The quantitative estimate of drug-likeness (QED) is 0.632. The molecule has 0 N–H and O–H groups in total. The first-order chi connectivity index (χ1) is 6.84. The van der Waals surface area contributed by atoms with Crippen molar-refractivity contribution in [1.29, 1.82) is 0 Å². The fraction of sp³-hybridized carbons (Fsp3) is 0.923. The first kappa shape index (κ1) is 14.5. The second kappa shape index (κ2) is 6.86. The molecule has 2 heteroatoms. The van der Waals surface area contributed by atoms with Crippen molar-refractivity contribution in [2.75, 3.05) is 6.61 Å². The maximum absolute atomic E-state index is 11.4. The molecule has 0 fully saturated rings. The van der Waals surface area contributed by atoms with Crippen molar-refractivity contribution in [3.05, 3.63) is 0 Å². The number of ether oxygens (including phenoxy) is 1. The van der Waals surface area contributed by atoms with Crippen molar-refractivity contribution >= 4 is 5.97 Å². The minimum absolute atomic E-state index is 0.0590. The van der Waals surface area contributed by atoms with Crippen LogP contribution in [0.5, 0.6) is 0 Å². The van der Waals surface area contributed by atoms with Gasteiger partial charge in [-0.3, -0.25) is 4.79 Å². The molecule has 0 aromatic heterocycles. The van der Waals surface area contributed by atoms with E-state index in [1.807, 2.05) is 13.8 Å². The van der Waals surface area contributed by atoms with E-state index in [1.165, 1.54) is 0 Å². The number of carbonyl (C=O) groups is 1. The van der Waals surface area contributed by atoms with E-state index in [1.54, 1.807) is 0 Å². The van der Waals surface area contributed by atoms with E-state index in [-0.39, 0.29) is 5.97 Å². The highest BCUT2D eigenvalue weighted by molar-refractivity contribution is 5.69. The first-order valence-electron chi connectivity index (χ1n) is 6.00. The minimum atomic E-state index is -0.0590. The summed E-state index contributed by atoms with van der Waals surface area (Å²) >= 11 is 0. The highest BCUT2D eigenvalue weighted by Crippen LogP contribution is 2.21. The number of esters is 1. The summed E-state index contributed by atoms with van der Waals surface area (Å²) in [6.45, 7) is 13.4. The van der Waals surface area contributed by atoms with Gasteiger partial charge in [0.15, 0.2) is 0 Å². The molecule has 0 atom stereocenters. The van der Waals surface area contributed by atoms with E-state index in [0.29, 0.717) is 36.7 Å². The van der Waals surface area contributed by atoms with Crippen molar-refractivity contribution in [3.63, 3.8) is 0 Å². The molecule has 15 heavy (non-hydrogen) atoms. The number of hydrogen-bond donors (Lipinski definition) is 0. The molecule has 0 saturated heterocycles. The Morgan fingerprint density at radius 1 is 1.00 bits per heavy atom. The van der Waals surface area contributed by atoms with Crippen molar-refractivity contribution in [3.8, 4) is 0 Å². The Morgan fingerprint density at radius 3 is 1.80 bits per heavy atom. The topological polar surface area (TPSA) is 26.3 Å². The second-order valence-electron chi connectivity index (χ2n) is 5.43. The normalized spacial score (nSPS) is 11.9. The summed E-state index contributed by atoms with van der Waals surface area (Å²) in [5.41, 5.74) is 0. The zero-order valence-electron chi connectivity index (χ0n) is 11.0. The lowest BCUT2D eigenvalue weighted by atomic mass is 9.86. The van der Waals surface area contributed by atoms with Gasteiger partial charge in [0.2, 0.25) is 0 Å². The van der Waals surface area contributed by atoms with Crippen LogP contribution in [0.4, 0.5) is 0 Å². The molecule has 0 bridgehead atoms. The van der Waals surface area contributed by atoms with Gasteiger partial charge in [0, 0.05) is 6.42 Å². The summed E-state index contributed by atoms with van der Waals surface area (Å²) in [5.74, 6) is 1.93. The Balaban J connectivity index is 3.95. The van der Waals surface area contributed by atoms with Crippen molar-refractivity contribution in [2.45, 2.75) is 48.0 Å². The Labute approximate surface area is 94.4 Å². The second-order valence-corrected chi connectivity index (χ2v) is 5.43. The average Bonchev–Trinajstić information content (AvgIpc) is 2.00. The SMILES string of the molecule is CC(C)CC(=O)OCC(C(C)C)C(C)C. The average molecular weight is 214 g/mol. The Kier molecular flexibility index (Phi) is 6.62. The molecule has 0 aliphatic heterocycles. The number of rotatable bonds is 6. The van der Waals surface area contributed by atoms with Crippen LogP contribution in [0.25, 0.3) is 0 Å². The van der Waals surface area contributed by atoms with E-state index in [4.69, 9.17) is 4.74 Å². The van der Waals surface area contributed by atoms with E-state index in [0.717, 1.165) is 0 Å². The van der Waals surface area contributed by atoms with Crippen LogP contribution in [0.1, 0.15) is 48.0 Å². The third-order valence-electron chi connectivity index (χ3n) is 2.72. The van der Waals surface area contributed by atoms with Gasteiger partial charge in [-0.25, -0.2) is 0 Å². The maximum atomic E-state index is 11.4. The molecule has 0 rings (SSSR count). The first-order valence-corrected chi connectivity index (χ1v) is 6.00. The monoisotopic (exact) mass is 214 g/mol. The van der Waals surface area contributed by atoms with Gasteiger partial charge in [0.05, 0.1) is 6.61 Å². The summed E-state index contributed by atoms with van der Waals surface area (Å²) in [6, 6.07) is 0. The molecule has 0 saturated carbocycles. The van der Waals surface area contributed by atoms with Crippen LogP contribution >= 0.6 is 0 Å². The number of carbonyl (C=O) groups excluding carboxylic acids is 1. The molecule has 0 aromatic rings. The lowest BCUT2D eigenvalue weighted by Crippen LogP contribution is -2.23. The highest BCUT2D eigenvalue weighted by atomic mass is 16.5. The van der Waals surface area contributed by atoms with Gasteiger partial charge in [-0.15, -0.1) is 0 Å².